The Labute approximate surface area is 117 Å². The molecule has 0 fully saturated rings. The van der Waals surface area contributed by atoms with Crippen molar-refractivity contribution in [2.75, 3.05) is 18.1 Å². The second kappa shape index (κ2) is 7.68. The van der Waals surface area contributed by atoms with Gasteiger partial charge in [0.15, 0.2) is 0 Å². The van der Waals surface area contributed by atoms with Gasteiger partial charge in [-0.15, -0.1) is 11.8 Å². The van der Waals surface area contributed by atoms with Crippen LogP contribution in [0.15, 0.2) is 29.2 Å². The molecule has 0 saturated carbocycles. The van der Waals surface area contributed by atoms with Crippen molar-refractivity contribution in [3.63, 3.8) is 0 Å². The summed E-state index contributed by atoms with van der Waals surface area (Å²) in [5, 5.41) is 7.89. The molecule has 0 aliphatic heterocycles. The van der Waals surface area contributed by atoms with Crippen molar-refractivity contribution in [3.8, 4) is 0 Å². The average Bonchev–Trinajstić information content (AvgIpc) is 2.39. The normalized spacial score (nSPS) is 11.5. The minimum Gasteiger partial charge on any atom is -0.373 e. The van der Waals surface area contributed by atoms with E-state index in [0.29, 0.717) is 6.54 Å². The number of benzene rings is 1. The van der Waals surface area contributed by atoms with Gasteiger partial charge >= 0.3 is 6.03 Å². The Balaban J connectivity index is 2.61. The third-order valence-corrected chi connectivity index (χ3v) is 3.24. The summed E-state index contributed by atoms with van der Waals surface area (Å²) in [6.45, 7) is 3.99. The molecule has 6 heteroatoms. The molecule has 0 aliphatic carbocycles. The molecule has 19 heavy (non-hydrogen) atoms. The molecule has 0 aliphatic rings. The van der Waals surface area contributed by atoms with Crippen LogP contribution in [-0.4, -0.2) is 30.8 Å². The Morgan fingerprint density at radius 3 is 2.63 bits per heavy atom. The van der Waals surface area contributed by atoms with Crippen molar-refractivity contribution in [1.29, 1.82) is 0 Å². The molecular formula is C13H19N3O2S. The Morgan fingerprint density at radius 1 is 1.32 bits per heavy atom. The molecule has 3 N–H and O–H groups in total. The minimum absolute atomic E-state index is 0.359. The highest BCUT2D eigenvalue weighted by Gasteiger charge is 2.16. The first-order valence-electron chi connectivity index (χ1n) is 6.06. The van der Waals surface area contributed by atoms with Gasteiger partial charge in [-0.1, -0.05) is 12.1 Å². The molecule has 1 aromatic rings. The van der Waals surface area contributed by atoms with Crippen LogP contribution in [0.25, 0.3) is 0 Å². The maximum absolute atomic E-state index is 11.8. The lowest BCUT2D eigenvalue weighted by Gasteiger charge is -2.16. The molecule has 104 valence electrons. The third-order valence-electron chi connectivity index (χ3n) is 2.45. The molecule has 0 aromatic heterocycles. The number of amides is 3. The zero-order chi connectivity index (χ0) is 14.3. The van der Waals surface area contributed by atoms with Crippen LogP contribution in [0.5, 0.6) is 0 Å². The van der Waals surface area contributed by atoms with Crippen LogP contribution in [-0.2, 0) is 4.79 Å². The number of imide groups is 1. The second-order valence-corrected chi connectivity index (χ2v) is 4.76. The van der Waals surface area contributed by atoms with Crippen LogP contribution < -0.4 is 16.0 Å². The van der Waals surface area contributed by atoms with Crippen LogP contribution in [0.3, 0.4) is 0 Å². The van der Waals surface area contributed by atoms with Crippen molar-refractivity contribution in [2.24, 2.45) is 0 Å². The van der Waals surface area contributed by atoms with Crippen LogP contribution in [0.2, 0.25) is 0 Å². The molecule has 3 amide bonds. The quantitative estimate of drug-likeness (QED) is 0.723. The first-order valence-corrected chi connectivity index (χ1v) is 7.29. The Bertz CT molecular complexity index is 451. The van der Waals surface area contributed by atoms with E-state index >= 15 is 0 Å². The number of anilines is 1. The number of hydrogen-bond donors (Lipinski definition) is 3. The van der Waals surface area contributed by atoms with Crippen molar-refractivity contribution in [2.45, 2.75) is 24.8 Å². The van der Waals surface area contributed by atoms with Gasteiger partial charge in [0.25, 0.3) is 0 Å². The van der Waals surface area contributed by atoms with Crippen LogP contribution in [0, 0.1) is 0 Å². The van der Waals surface area contributed by atoms with E-state index in [-0.39, 0.29) is 5.91 Å². The largest absolute Gasteiger partial charge is 0.373 e. The van der Waals surface area contributed by atoms with Gasteiger partial charge in [-0.25, -0.2) is 4.79 Å². The van der Waals surface area contributed by atoms with Crippen molar-refractivity contribution in [3.05, 3.63) is 24.3 Å². The number of carbonyl (C=O) groups is 2. The summed E-state index contributed by atoms with van der Waals surface area (Å²) < 4.78 is 0. The van der Waals surface area contributed by atoms with E-state index in [0.717, 1.165) is 10.6 Å². The summed E-state index contributed by atoms with van der Waals surface area (Å²) >= 11 is 1.60. The maximum Gasteiger partial charge on any atom is 0.321 e. The van der Waals surface area contributed by atoms with Crippen molar-refractivity contribution < 1.29 is 9.59 Å². The number of para-hydroxylation sites is 1. The van der Waals surface area contributed by atoms with Gasteiger partial charge < -0.3 is 10.6 Å². The summed E-state index contributed by atoms with van der Waals surface area (Å²) in [5.74, 6) is -0.359. The lowest BCUT2D eigenvalue weighted by molar-refractivity contribution is -0.120. The highest BCUT2D eigenvalue weighted by atomic mass is 32.2. The number of carbonyl (C=O) groups excluding carboxylic acids is 2. The fraction of sp³-hybridized carbons (Fsp3) is 0.385. The summed E-state index contributed by atoms with van der Waals surface area (Å²) in [6, 6.07) is 6.76. The predicted molar refractivity (Wildman–Crippen MR) is 78.5 cm³/mol. The smallest absolute Gasteiger partial charge is 0.321 e. The van der Waals surface area contributed by atoms with Crippen molar-refractivity contribution in [1.82, 2.24) is 10.6 Å². The van der Waals surface area contributed by atoms with Crippen LogP contribution in [0.4, 0.5) is 10.5 Å². The summed E-state index contributed by atoms with van der Waals surface area (Å²) in [4.78, 5) is 24.1. The van der Waals surface area contributed by atoms with Gasteiger partial charge in [-0.3, -0.25) is 10.1 Å². The van der Waals surface area contributed by atoms with Gasteiger partial charge in [0.1, 0.15) is 6.04 Å². The van der Waals surface area contributed by atoms with E-state index in [1.54, 1.807) is 25.6 Å². The first-order chi connectivity index (χ1) is 9.08. The number of hydrogen-bond acceptors (Lipinski definition) is 4. The van der Waals surface area contributed by atoms with Gasteiger partial charge in [0.05, 0.1) is 0 Å². The van der Waals surface area contributed by atoms with E-state index in [1.165, 1.54) is 0 Å². The van der Waals surface area contributed by atoms with Crippen LogP contribution in [0.1, 0.15) is 13.8 Å². The molecule has 0 spiro atoms. The molecule has 5 nitrogen and oxygen atoms in total. The van der Waals surface area contributed by atoms with Crippen LogP contribution >= 0.6 is 11.8 Å². The summed E-state index contributed by atoms with van der Waals surface area (Å²) in [5.41, 5.74) is 0.883. The predicted octanol–water partition coefficient (Wildman–Crippen LogP) is 2.05. The highest BCUT2D eigenvalue weighted by molar-refractivity contribution is 7.98. The lowest BCUT2D eigenvalue weighted by Crippen LogP contribution is -2.45. The Kier molecular flexibility index (Phi) is 6.21. The monoisotopic (exact) mass is 281 g/mol. The fourth-order valence-corrected chi connectivity index (χ4v) is 2.05. The van der Waals surface area contributed by atoms with Gasteiger partial charge in [-0.05, 0) is 32.2 Å². The SMILES string of the molecule is CCNC(=O)NC(=O)C(C)Nc1ccccc1SC. The average molecular weight is 281 g/mol. The zero-order valence-electron chi connectivity index (χ0n) is 11.3. The molecule has 1 aromatic carbocycles. The topological polar surface area (TPSA) is 70.2 Å². The second-order valence-electron chi connectivity index (χ2n) is 3.92. The van der Waals surface area contributed by atoms with Gasteiger partial charge in [-0.2, -0.15) is 0 Å². The number of nitrogens with one attached hydrogen (secondary N) is 3. The summed E-state index contributed by atoms with van der Waals surface area (Å²) in [7, 11) is 0. The van der Waals surface area contributed by atoms with Gasteiger partial charge in [0.2, 0.25) is 5.91 Å². The molecule has 0 heterocycles. The molecular weight excluding hydrogens is 262 g/mol. The first kappa shape index (κ1) is 15.4. The van der Waals surface area contributed by atoms with Crippen molar-refractivity contribution >= 4 is 29.4 Å². The van der Waals surface area contributed by atoms with E-state index in [2.05, 4.69) is 16.0 Å². The molecule has 0 saturated heterocycles. The molecule has 0 radical (unpaired) electrons. The zero-order valence-corrected chi connectivity index (χ0v) is 12.1. The number of thioether (sulfide) groups is 1. The maximum atomic E-state index is 11.8. The minimum atomic E-state index is -0.490. The number of urea groups is 1. The third kappa shape index (κ3) is 4.82. The van der Waals surface area contributed by atoms with E-state index in [4.69, 9.17) is 0 Å². The Hall–Kier alpha value is -1.69. The summed E-state index contributed by atoms with van der Waals surface area (Å²) in [6.07, 6.45) is 1.97. The van der Waals surface area contributed by atoms with Gasteiger partial charge in [0, 0.05) is 17.1 Å². The fourth-order valence-electron chi connectivity index (χ4n) is 1.49. The molecule has 0 bridgehead atoms. The highest BCUT2D eigenvalue weighted by Crippen LogP contribution is 2.25. The van der Waals surface area contributed by atoms with E-state index in [1.807, 2.05) is 30.5 Å². The number of rotatable bonds is 5. The Morgan fingerprint density at radius 2 is 2.00 bits per heavy atom. The standard InChI is InChI=1S/C13H19N3O2S/c1-4-14-13(18)16-12(17)9(2)15-10-7-5-6-8-11(10)19-3/h5-9,15H,4H2,1-3H3,(H2,14,16,17,18). The van der Waals surface area contributed by atoms with E-state index in [9.17, 15) is 9.59 Å². The molecule has 1 unspecified atom stereocenters. The van der Waals surface area contributed by atoms with E-state index < -0.39 is 12.1 Å². The lowest BCUT2D eigenvalue weighted by atomic mass is 10.2. The molecule has 1 rings (SSSR count). The molecule has 1 atom stereocenters.